The third-order valence-corrected chi connectivity index (χ3v) is 7.08. The number of aromatic carboxylic acids is 1. The molecule has 0 bridgehead atoms. The van der Waals surface area contributed by atoms with E-state index in [0.29, 0.717) is 18.7 Å². The van der Waals surface area contributed by atoms with Gasteiger partial charge in [0.05, 0.1) is 5.56 Å². The van der Waals surface area contributed by atoms with Crippen LogP contribution in [-0.2, 0) is 25.9 Å². The summed E-state index contributed by atoms with van der Waals surface area (Å²) < 4.78 is 0. The number of carboxylic acids is 1. The van der Waals surface area contributed by atoms with Crippen molar-refractivity contribution in [3.63, 3.8) is 0 Å². The average molecular weight is 422 g/mol. The normalized spacial score (nSPS) is 15.2. The molecule has 0 fully saturated rings. The van der Waals surface area contributed by atoms with Crippen LogP contribution >= 0.6 is 11.3 Å². The van der Waals surface area contributed by atoms with E-state index in [2.05, 4.69) is 18.8 Å². The quantitative estimate of drug-likeness (QED) is 0.437. The molecule has 0 radical (unpaired) electrons. The molecule has 3 N–H and O–H groups in total. The van der Waals surface area contributed by atoms with Gasteiger partial charge in [0, 0.05) is 35.2 Å². The number of aromatic nitrogens is 1. The van der Waals surface area contributed by atoms with Crippen LogP contribution in [0.3, 0.4) is 0 Å². The summed E-state index contributed by atoms with van der Waals surface area (Å²) in [6, 6.07) is 11.9. The van der Waals surface area contributed by atoms with Crippen LogP contribution in [0.15, 0.2) is 48.8 Å². The van der Waals surface area contributed by atoms with Gasteiger partial charge in [-0.25, -0.2) is 9.80 Å². The third kappa shape index (κ3) is 4.31. The number of thiophene rings is 1. The molecule has 5 nitrogen and oxygen atoms in total. The van der Waals surface area contributed by atoms with Gasteiger partial charge in [-0.1, -0.05) is 38.1 Å². The summed E-state index contributed by atoms with van der Waals surface area (Å²) in [4.78, 5) is 18.4. The Morgan fingerprint density at radius 2 is 1.93 bits per heavy atom. The van der Waals surface area contributed by atoms with Gasteiger partial charge in [0.15, 0.2) is 0 Å². The molecule has 1 aromatic carbocycles. The van der Waals surface area contributed by atoms with Crippen LogP contribution in [-0.4, -0.2) is 21.1 Å². The first-order valence-electron chi connectivity index (χ1n) is 10.2. The zero-order valence-electron chi connectivity index (χ0n) is 17.4. The van der Waals surface area contributed by atoms with E-state index in [9.17, 15) is 9.90 Å². The van der Waals surface area contributed by atoms with Crippen molar-refractivity contribution in [2.75, 3.05) is 0 Å². The number of hydrogen-bond acceptors (Lipinski definition) is 5. The molecule has 0 atom stereocenters. The summed E-state index contributed by atoms with van der Waals surface area (Å²) >= 11 is 1.64. The van der Waals surface area contributed by atoms with E-state index in [1.165, 1.54) is 4.88 Å². The highest BCUT2D eigenvalue weighted by Crippen LogP contribution is 2.45. The molecule has 1 aliphatic carbocycles. The predicted molar refractivity (Wildman–Crippen MR) is 120 cm³/mol. The Kier molecular flexibility index (Phi) is 5.73. The van der Waals surface area contributed by atoms with Crippen molar-refractivity contribution in [3.05, 3.63) is 75.9 Å². The molecule has 0 amide bonds. The number of hydrogen-bond donors (Lipinski definition) is 2. The number of pyridine rings is 1. The van der Waals surface area contributed by atoms with Crippen LogP contribution in [0.4, 0.5) is 0 Å². The van der Waals surface area contributed by atoms with Crippen LogP contribution < -0.4 is 5.84 Å². The van der Waals surface area contributed by atoms with E-state index in [-0.39, 0.29) is 5.41 Å². The van der Waals surface area contributed by atoms with Gasteiger partial charge in [-0.3, -0.25) is 10.8 Å². The molecule has 4 rings (SSSR count). The Labute approximate surface area is 181 Å². The molecule has 2 aromatic heterocycles. The van der Waals surface area contributed by atoms with Crippen molar-refractivity contribution >= 4 is 17.3 Å². The van der Waals surface area contributed by atoms with E-state index in [1.54, 1.807) is 28.7 Å². The molecule has 0 spiro atoms. The maximum atomic E-state index is 12.3. The topological polar surface area (TPSA) is 79.5 Å². The highest BCUT2D eigenvalue weighted by Gasteiger charge is 2.33. The smallest absolute Gasteiger partial charge is 0.337 e. The van der Waals surface area contributed by atoms with Gasteiger partial charge in [-0.05, 0) is 59.1 Å². The SMILES string of the molecule is CC1(C)CCc2sc(-c3ccccc3CN(N)Cc3ccncc3)c(C(=O)O)c2C1. The second-order valence-electron chi connectivity index (χ2n) is 8.77. The van der Waals surface area contributed by atoms with E-state index >= 15 is 0 Å². The standard InChI is InChI=1S/C24H27N3O2S/c1-24(2)10-7-20-19(13-24)21(23(28)29)22(30-20)18-6-4-3-5-17(18)15-27(25)14-16-8-11-26-12-9-16/h3-6,8-9,11-12H,7,10,13-15,25H2,1-2H3,(H,28,29). The minimum absolute atomic E-state index is 0.133. The van der Waals surface area contributed by atoms with Crippen LogP contribution in [0.1, 0.15) is 52.2 Å². The summed E-state index contributed by atoms with van der Waals surface area (Å²) in [5, 5.41) is 11.8. The van der Waals surface area contributed by atoms with Crippen molar-refractivity contribution in [1.82, 2.24) is 9.99 Å². The lowest BCUT2D eigenvalue weighted by atomic mass is 9.76. The first-order chi connectivity index (χ1) is 14.3. The van der Waals surface area contributed by atoms with Crippen molar-refractivity contribution in [1.29, 1.82) is 0 Å². The molecule has 0 aliphatic heterocycles. The Morgan fingerprint density at radius 1 is 1.20 bits per heavy atom. The zero-order valence-corrected chi connectivity index (χ0v) is 18.2. The van der Waals surface area contributed by atoms with Crippen molar-refractivity contribution in [3.8, 4) is 10.4 Å². The monoisotopic (exact) mass is 421 g/mol. The van der Waals surface area contributed by atoms with Crippen molar-refractivity contribution in [2.45, 2.75) is 46.2 Å². The van der Waals surface area contributed by atoms with Gasteiger partial charge in [0.25, 0.3) is 0 Å². The van der Waals surface area contributed by atoms with Gasteiger partial charge in [0.2, 0.25) is 0 Å². The van der Waals surface area contributed by atoms with Gasteiger partial charge < -0.3 is 5.11 Å². The number of carboxylic acid groups (broad SMARTS) is 1. The van der Waals surface area contributed by atoms with E-state index in [1.807, 2.05) is 36.4 Å². The minimum atomic E-state index is -0.837. The van der Waals surface area contributed by atoms with Crippen molar-refractivity contribution in [2.24, 2.45) is 11.3 Å². The summed E-state index contributed by atoms with van der Waals surface area (Å²) in [6.45, 7) is 5.57. The summed E-state index contributed by atoms with van der Waals surface area (Å²) in [5.74, 6) is 5.48. The molecule has 30 heavy (non-hydrogen) atoms. The molecule has 2 heterocycles. The maximum absolute atomic E-state index is 12.3. The van der Waals surface area contributed by atoms with E-state index < -0.39 is 5.97 Å². The Morgan fingerprint density at radius 3 is 2.67 bits per heavy atom. The first kappa shape index (κ1) is 20.7. The number of rotatable bonds is 6. The zero-order chi connectivity index (χ0) is 21.3. The predicted octanol–water partition coefficient (Wildman–Crippen LogP) is 4.90. The summed E-state index contributed by atoms with van der Waals surface area (Å²) in [5.41, 5.74) is 4.73. The molecule has 0 saturated heterocycles. The average Bonchev–Trinajstić information content (AvgIpc) is 3.06. The van der Waals surface area contributed by atoms with E-state index in [0.717, 1.165) is 46.4 Å². The van der Waals surface area contributed by atoms with Gasteiger partial charge >= 0.3 is 5.97 Å². The van der Waals surface area contributed by atoms with Gasteiger partial charge in [0.1, 0.15) is 0 Å². The Balaban J connectivity index is 1.69. The fraction of sp³-hybridized carbons (Fsp3) is 0.333. The molecule has 3 aromatic rings. The van der Waals surface area contributed by atoms with Crippen LogP contribution in [0.2, 0.25) is 0 Å². The lowest BCUT2D eigenvalue weighted by Gasteiger charge is -2.29. The molecule has 0 saturated carbocycles. The van der Waals surface area contributed by atoms with Crippen LogP contribution in [0.25, 0.3) is 10.4 Å². The second-order valence-corrected chi connectivity index (χ2v) is 9.88. The number of nitrogens with zero attached hydrogens (tertiary/aromatic N) is 2. The molecule has 0 unspecified atom stereocenters. The lowest BCUT2D eigenvalue weighted by Crippen LogP contribution is -2.30. The number of aryl methyl sites for hydroxylation is 1. The largest absolute Gasteiger partial charge is 0.478 e. The number of hydrazine groups is 1. The lowest BCUT2D eigenvalue weighted by molar-refractivity contribution is 0.0696. The number of fused-ring (bicyclic) bond motifs is 1. The highest BCUT2D eigenvalue weighted by atomic mass is 32.1. The fourth-order valence-electron chi connectivity index (χ4n) is 4.21. The van der Waals surface area contributed by atoms with Crippen LogP contribution in [0.5, 0.6) is 0 Å². The number of benzene rings is 1. The molecular formula is C24H27N3O2S. The highest BCUT2D eigenvalue weighted by molar-refractivity contribution is 7.16. The maximum Gasteiger partial charge on any atom is 0.337 e. The molecule has 6 heteroatoms. The van der Waals surface area contributed by atoms with Gasteiger partial charge in [-0.2, -0.15) is 0 Å². The minimum Gasteiger partial charge on any atom is -0.478 e. The number of nitrogens with two attached hydrogens (primary N) is 1. The summed E-state index contributed by atoms with van der Waals surface area (Å²) in [6.07, 6.45) is 6.36. The van der Waals surface area contributed by atoms with E-state index in [4.69, 9.17) is 5.84 Å². The van der Waals surface area contributed by atoms with Crippen molar-refractivity contribution < 1.29 is 9.90 Å². The Hall–Kier alpha value is -2.54. The third-order valence-electron chi connectivity index (χ3n) is 5.76. The summed E-state index contributed by atoms with van der Waals surface area (Å²) in [7, 11) is 0. The first-order valence-corrected chi connectivity index (χ1v) is 11.0. The van der Waals surface area contributed by atoms with Gasteiger partial charge in [-0.15, -0.1) is 11.3 Å². The van der Waals surface area contributed by atoms with Crippen LogP contribution in [0, 0.1) is 5.41 Å². The molecule has 1 aliphatic rings. The molecule has 156 valence electrons. The molecular weight excluding hydrogens is 394 g/mol. The fourth-order valence-corrected chi connectivity index (χ4v) is 5.58. The second kappa shape index (κ2) is 8.30. The number of carbonyl (C=O) groups is 1. The Bertz CT molecular complexity index is 1060.